The molecule has 0 fully saturated rings. The topological polar surface area (TPSA) is 43.0 Å². The van der Waals surface area contributed by atoms with Crippen molar-refractivity contribution in [3.05, 3.63) is 34.5 Å². The molecule has 2 aromatic rings. The SMILES string of the molecule is Cc1nn(C)cc1NCc1occc1Br. The Balaban J connectivity index is 2.05. The summed E-state index contributed by atoms with van der Waals surface area (Å²) in [4.78, 5) is 0. The number of hydrogen-bond acceptors (Lipinski definition) is 3. The summed E-state index contributed by atoms with van der Waals surface area (Å²) in [6.45, 7) is 2.62. The second-order valence-corrected chi connectivity index (χ2v) is 4.20. The lowest BCUT2D eigenvalue weighted by Crippen LogP contribution is -1.98. The number of nitrogens with zero attached hydrogens (tertiary/aromatic N) is 2. The van der Waals surface area contributed by atoms with Gasteiger partial charge in [0.15, 0.2) is 0 Å². The highest BCUT2D eigenvalue weighted by molar-refractivity contribution is 9.10. The summed E-state index contributed by atoms with van der Waals surface area (Å²) in [6, 6.07) is 1.88. The first-order chi connectivity index (χ1) is 7.16. The van der Waals surface area contributed by atoms with Gasteiger partial charge in [0.05, 0.1) is 28.7 Å². The average Bonchev–Trinajstić information content (AvgIpc) is 2.70. The normalized spacial score (nSPS) is 10.6. The van der Waals surface area contributed by atoms with Crippen LogP contribution in [0.3, 0.4) is 0 Å². The van der Waals surface area contributed by atoms with Crippen LogP contribution in [-0.2, 0) is 13.6 Å². The van der Waals surface area contributed by atoms with E-state index in [1.165, 1.54) is 0 Å². The Kier molecular flexibility index (Phi) is 2.81. The minimum atomic E-state index is 0.653. The number of aromatic nitrogens is 2. The number of furan rings is 1. The number of aryl methyl sites for hydroxylation is 2. The van der Waals surface area contributed by atoms with Crippen LogP contribution in [0.25, 0.3) is 0 Å². The van der Waals surface area contributed by atoms with Crippen molar-refractivity contribution in [1.82, 2.24) is 9.78 Å². The molecule has 1 N–H and O–H groups in total. The van der Waals surface area contributed by atoms with Crippen molar-refractivity contribution < 1.29 is 4.42 Å². The molecule has 4 nitrogen and oxygen atoms in total. The van der Waals surface area contributed by atoms with Gasteiger partial charge < -0.3 is 9.73 Å². The molecule has 0 aromatic carbocycles. The first-order valence-electron chi connectivity index (χ1n) is 4.63. The zero-order chi connectivity index (χ0) is 10.8. The Morgan fingerprint density at radius 3 is 2.93 bits per heavy atom. The molecular weight excluding hydrogens is 258 g/mol. The Labute approximate surface area is 96.4 Å². The molecular formula is C10H12BrN3O. The van der Waals surface area contributed by atoms with Gasteiger partial charge in [-0.2, -0.15) is 5.10 Å². The van der Waals surface area contributed by atoms with Gasteiger partial charge in [-0.3, -0.25) is 4.68 Å². The summed E-state index contributed by atoms with van der Waals surface area (Å²) in [5.74, 6) is 0.887. The third-order valence-electron chi connectivity index (χ3n) is 2.14. The predicted octanol–water partition coefficient (Wildman–Crippen LogP) is 2.70. The van der Waals surface area contributed by atoms with Gasteiger partial charge in [0.25, 0.3) is 0 Å². The van der Waals surface area contributed by atoms with Crippen LogP contribution < -0.4 is 5.32 Å². The second kappa shape index (κ2) is 4.10. The van der Waals surface area contributed by atoms with Crippen LogP contribution in [0.4, 0.5) is 5.69 Å². The summed E-state index contributed by atoms with van der Waals surface area (Å²) in [5, 5.41) is 7.52. The van der Waals surface area contributed by atoms with E-state index in [9.17, 15) is 0 Å². The highest BCUT2D eigenvalue weighted by Crippen LogP contribution is 2.19. The van der Waals surface area contributed by atoms with Crippen LogP contribution in [0.5, 0.6) is 0 Å². The van der Waals surface area contributed by atoms with Crippen LogP contribution in [0, 0.1) is 6.92 Å². The molecule has 0 radical (unpaired) electrons. The zero-order valence-corrected chi connectivity index (χ0v) is 10.2. The number of hydrogen-bond donors (Lipinski definition) is 1. The van der Waals surface area contributed by atoms with E-state index in [4.69, 9.17) is 4.42 Å². The standard InChI is InChI=1S/C10H12BrN3O/c1-7-9(6-14(2)13-7)12-5-10-8(11)3-4-15-10/h3-4,6,12H,5H2,1-2H3. The van der Waals surface area contributed by atoms with Crippen molar-refractivity contribution in [3.8, 4) is 0 Å². The van der Waals surface area contributed by atoms with E-state index in [1.807, 2.05) is 26.2 Å². The largest absolute Gasteiger partial charge is 0.466 e. The molecule has 2 rings (SSSR count). The molecule has 0 saturated carbocycles. The van der Waals surface area contributed by atoms with E-state index in [0.717, 1.165) is 21.6 Å². The third-order valence-corrected chi connectivity index (χ3v) is 2.85. The maximum Gasteiger partial charge on any atom is 0.136 e. The summed E-state index contributed by atoms with van der Waals surface area (Å²) in [5.41, 5.74) is 2.01. The summed E-state index contributed by atoms with van der Waals surface area (Å²) < 4.78 is 8.07. The zero-order valence-electron chi connectivity index (χ0n) is 8.62. The van der Waals surface area contributed by atoms with Crippen molar-refractivity contribution in [2.45, 2.75) is 13.5 Å². The number of anilines is 1. The molecule has 0 unspecified atom stereocenters. The Morgan fingerprint density at radius 2 is 2.40 bits per heavy atom. The summed E-state index contributed by atoms with van der Waals surface area (Å²) >= 11 is 3.41. The lowest BCUT2D eigenvalue weighted by Gasteiger charge is -2.02. The second-order valence-electron chi connectivity index (χ2n) is 3.35. The van der Waals surface area contributed by atoms with Gasteiger partial charge in [-0.25, -0.2) is 0 Å². The van der Waals surface area contributed by atoms with Crippen LogP contribution in [0.1, 0.15) is 11.5 Å². The molecule has 0 bridgehead atoms. The average molecular weight is 270 g/mol. The molecule has 2 heterocycles. The summed E-state index contributed by atoms with van der Waals surface area (Å²) in [6.07, 6.45) is 3.61. The fourth-order valence-corrected chi connectivity index (χ4v) is 1.74. The van der Waals surface area contributed by atoms with E-state index in [2.05, 4.69) is 26.3 Å². The Bertz CT molecular complexity index is 461. The molecule has 0 aliphatic carbocycles. The van der Waals surface area contributed by atoms with Crippen LogP contribution >= 0.6 is 15.9 Å². The molecule has 0 saturated heterocycles. The maximum absolute atomic E-state index is 5.30. The van der Waals surface area contributed by atoms with Gasteiger partial charge >= 0.3 is 0 Å². The predicted molar refractivity (Wildman–Crippen MR) is 61.7 cm³/mol. The van der Waals surface area contributed by atoms with Crippen molar-refractivity contribution in [1.29, 1.82) is 0 Å². The fourth-order valence-electron chi connectivity index (χ4n) is 1.40. The number of rotatable bonds is 3. The van der Waals surface area contributed by atoms with Crippen LogP contribution in [0.15, 0.2) is 27.4 Å². The third kappa shape index (κ3) is 2.23. The van der Waals surface area contributed by atoms with E-state index in [1.54, 1.807) is 10.9 Å². The van der Waals surface area contributed by atoms with Gasteiger partial charge in [-0.05, 0) is 28.9 Å². The van der Waals surface area contributed by atoms with Crippen molar-refractivity contribution in [2.75, 3.05) is 5.32 Å². The molecule has 2 aromatic heterocycles. The quantitative estimate of drug-likeness (QED) is 0.932. The van der Waals surface area contributed by atoms with E-state index < -0.39 is 0 Å². The van der Waals surface area contributed by atoms with Gasteiger partial charge in [-0.1, -0.05) is 0 Å². The molecule has 15 heavy (non-hydrogen) atoms. The maximum atomic E-state index is 5.30. The monoisotopic (exact) mass is 269 g/mol. The Morgan fingerprint density at radius 1 is 1.60 bits per heavy atom. The van der Waals surface area contributed by atoms with Crippen LogP contribution in [0.2, 0.25) is 0 Å². The highest BCUT2D eigenvalue weighted by atomic mass is 79.9. The van der Waals surface area contributed by atoms with Gasteiger partial charge in [0.1, 0.15) is 5.76 Å². The van der Waals surface area contributed by atoms with Crippen LogP contribution in [-0.4, -0.2) is 9.78 Å². The number of halogens is 1. The molecule has 0 aliphatic heterocycles. The first-order valence-corrected chi connectivity index (χ1v) is 5.42. The lowest BCUT2D eigenvalue weighted by molar-refractivity contribution is 0.516. The number of nitrogens with one attached hydrogen (secondary N) is 1. The molecule has 80 valence electrons. The van der Waals surface area contributed by atoms with Crippen molar-refractivity contribution >= 4 is 21.6 Å². The van der Waals surface area contributed by atoms with Gasteiger partial charge in [0, 0.05) is 13.2 Å². The molecule has 0 aliphatic rings. The molecule has 0 spiro atoms. The summed E-state index contributed by atoms with van der Waals surface area (Å²) in [7, 11) is 1.90. The minimum Gasteiger partial charge on any atom is -0.466 e. The van der Waals surface area contributed by atoms with Crippen molar-refractivity contribution in [2.24, 2.45) is 7.05 Å². The molecule has 0 amide bonds. The van der Waals surface area contributed by atoms with Crippen molar-refractivity contribution in [3.63, 3.8) is 0 Å². The highest BCUT2D eigenvalue weighted by Gasteiger charge is 2.05. The molecule has 0 atom stereocenters. The molecule has 5 heteroatoms. The fraction of sp³-hybridized carbons (Fsp3) is 0.300. The van der Waals surface area contributed by atoms with E-state index >= 15 is 0 Å². The minimum absolute atomic E-state index is 0.653. The van der Waals surface area contributed by atoms with Gasteiger partial charge in [0.2, 0.25) is 0 Å². The van der Waals surface area contributed by atoms with Gasteiger partial charge in [-0.15, -0.1) is 0 Å². The Hall–Kier alpha value is -1.23. The smallest absolute Gasteiger partial charge is 0.136 e. The van der Waals surface area contributed by atoms with E-state index in [-0.39, 0.29) is 0 Å². The lowest BCUT2D eigenvalue weighted by atomic mass is 10.4. The van der Waals surface area contributed by atoms with E-state index in [0.29, 0.717) is 6.54 Å². The first kappa shape index (κ1) is 10.3.